The number of hydrogen-bond acceptors (Lipinski definition) is 3. The summed E-state index contributed by atoms with van der Waals surface area (Å²) >= 11 is 0. The maximum Gasteiger partial charge on any atom is 0.239 e. The lowest BCUT2D eigenvalue weighted by Gasteiger charge is -2.38. The lowest BCUT2D eigenvalue weighted by Crippen LogP contribution is -2.51. The molecule has 0 radical (unpaired) electrons. The van der Waals surface area contributed by atoms with E-state index in [-0.39, 0.29) is 6.04 Å². The molecule has 2 fully saturated rings. The van der Waals surface area contributed by atoms with Gasteiger partial charge in [0, 0.05) is 31.4 Å². The van der Waals surface area contributed by atoms with Crippen molar-refractivity contribution in [2.75, 3.05) is 26.7 Å². The van der Waals surface area contributed by atoms with Gasteiger partial charge in [-0.05, 0) is 39.3 Å². The molecule has 1 N–H and O–H groups in total. The van der Waals surface area contributed by atoms with Crippen LogP contribution in [0.25, 0.3) is 0 Å². The van der Waals surface area contributed by atoms with E-state index in [0.717, 1.165) is 44.7 Å². The van der Waals surface area contributed by atoms with Crippen molar-refractivity contribution >= 4 is 5.91 Å². The second-order valence-corrected chi connectivity index (χ2v) is 6.07. The highest BCUT2D eigenvalue weighted by atomic mass is 16.2. The molecule has 0 spiro atoms. The molecule has 1 aromatic rings. The van der Waals surface area contributed by atoms with Gasteiger partial charge in [0.1, 0.15) is 5.82 Å². The average Bonchev–Trinajstić information content (AvgIpc) is 3.01. The monoisotopic (exact) mass is 276 g/mol. The van der Waals surface area contributed by atoms with Crippen LogP contribution in [0.3, 0.4) is 0 Å². The van der Waals surface area contributed by atoms with Crippen molar-refractivity contribution in [2.24, 2.45) is 0 Å². The summed E-state index contributed by atoms with van der Waals surface area (Å²) in [5, 5.41) is 0. The third kappa shape index (κ3) is 2.73. The van der Waals surface area contributed by atoms with Crippen LogP contribution < -0.4 is 0 Å². The van der Waals surface area contributed by atoms with E-state index >= 15 is 0 Å². The number of H-pyrrole nitrogens is 1. The van der Waals surface area contributed by atoms with Gasteiger partial charge in [0.15, 0.2) is 0 Å². The number of imidazole rings is 1. The summed E-state index contributed by atoms with van der Waals surface area (Å²) in [6.45, 7) is 2.79. The quantitative estimate of drug-likeness (QED) is 0.892. The van der Waals surface area contributed by atoms with Gasteiger partial charge in [0.2, 0.25) is 5.91 Å². The van der Waals surface area contributed by atoms with Gasteiger partial charge in [0.05, 0.1) is 6.04 Å². The van der Waals surface area contributed by atoms with Gasteiger partial charge in [0.25, 0.3) is 0 Å². The van der Waals surface area contributed by atoms with E-state index < -0.39 is 0 Å². The molecule has 0 aromatic carbocycles. The minimum Gasteiger partial charge on any atom is -0.348 e. The van der Waals surface area contributed by atoms with Crippen LogP contribution in [0.4, 0.5) is 0 Å². The van der Waals surface area contributed by atoms with Crippen molar-refractivity contribution in [3.8, 4) is 0 Å². The first-order valence-corrected chi connectivity index (χ1v) is 7.74. The molecule has 2 aliphatic heterocycles. The number of hydrogen-bond donors (Lipinski definition) is 1. The fraction of sp³-hybridized carbons (Fsp3) is 0.733. The Labute approximate surface area is 120 Å². The number of likely N-dealkylation sites (tertiary alicyclic amines) is 2. The van der Waals surface area contributed by atoms with E-state index in [9.17, 15) is 4.79 Å². The molecule has 1 atom stereocenters. The number of likely N-dealkylation sites (N-methyl/N-ethyl adjacent to an activating group) is 1. The molecule has 1 aromatic heterocycles. The van der Waals surface area contributed by atoms with Gasteiger partial charge in [-0.25, -0.2) is 4.98 Å². The second kappa shape index (κ2) is 5.95. The Morgan fingerprint density at radius 3 is 2.70 bits per heavy atom. The van der Waals surface area contributed by atoms with E-state index in [1.165, 1.54) is 12.8 Å². The lowest BCUT2D eigenvalue weighted by atomic mass is 9.94. The molecule has 0 aliphatic carbocycles. The number of nitrogens with zero attached hydrogens (tertiary/aromatic N) is 3. The molecule has 0 saturated carbocycles. The number of nitrogens with one attached hydrogen (secondary N) is 1. The Morgan fingerprint density at radius 1 is 1.25 bits per heavy atom. The van der Waals surface area contributed by atoms with E-state index in [4.69, 9.17) is 0 Å². The zero-order valence-electron chi connectivity index (χ0n) is 12.2. The van der Waals surface area contributed by atoms with Crippen LogP contribution in [0.1, 0.15) is 43.8 Å². The lowest BCUT2D eigenvalue weighted by molar-refractivity contribution is -0.138. The van der Waals surface area contributed by atoms with Gasteiger partial charge < -0.3 is 9.88 Å². The van der Waals surface area contributed by atoms with Gasteiger partial charge in [-0.15, -0.1) is 0 Å². The largest absolute Gasteiger partial charge is 0.348 e. The number of piperidine rings is 2. The molecule has 2 saturated heterocycles. The summed E-state index contributed by atoms with van der Waals surface area (Å²) in [7, 11) is 2.08. The predicted octanol–water partition coefficient (Wildman–Crippen LogP) is 1.60. The summed E-state index contributed by atoms with van der Waals surface area (Å²) in [5.41, 5.74) is 0. The summed E-state index contributed by atoms with van der Waals surface area (Å²) in [6.07, 6.45) is 9.16. The van der Waals surface area contributed by atoms with Crippen molar-refractivity contribution in [1.82, 2.24) is 19.8 Å². The maximum atomic E-state index is 12.6. The van der Waals surface area contributed by atoms with Crippen molar-refractivity contribution in [3.63, 3.8) is 0 Å². The van der Waals surface area contributed by atoms with Crippen molar-refractivity contribution < 1.29 is 4.79 Å². The second-order valence-electron chi connectivity index (χ2n) is 6.07. The molecule has 20 heavy (non-hydrogen) atoms. The van der Waals surface area contributed by atoms with Gasteiger partial charge in [-0.3, -0.25) is 9.69 Å². The number of carbonyl (C=O) groups is 1. The number of aromatic amines is 1. The summed E-state index contributed by atoms with van der Waals surface area (Å²) < 4.78 is 0. The normalized spacial score (nSPS) is 25.9. The first-order valence-electron chi connectivity index (χ1n) is 7.74. The molecule has 5 nitrogen and oxygen atoms in total. The molecule has 0 bridgehead atoms. The van der Waals surface area contributed by atoms with Crippen molar-refractivity contribution in [3.05, 3.63) is 18.2 Å². The van der Waals surface area contributed by atoms with E-state index in [2.05, 4.69) is 26.8 Å². The smallest absolute Gasteiger partial charge is 0.239 e. The van der Waals surface area contributed by atoms with Crippen LogP contribution in [0.2, 0.25) is 0 Å². The zero-order chi connectivity index (χ0) is 13.9. The van der Waals surface area contributed by atoms with Gasteiger partial charge >= 0.3 is 0 Å². The highest BCUT2D eigenvalue weighted by Gasteiger charge is 2.32. The number of rotatable bonds is 2. The fourth-order valence-electron chi connectivity index (χ4n) is 3.47. The van der Waals surface area contributed by atoms with Crippen LogP contribution in [0, 0.1) is 0 Å². The van der Waals surface area contributed by atoms with Gasteiger partial charge in [-0.1, -0.05) is 6.42 Å². The zero-order valence-corrected chi connectivity index (χ0v) is 12.2. The van der Waals surface area contributed by atoms with Crippen LogP contribution in [0.5, 0.6) is 0 Å². The third-order valence-corrected chi connectivity index (χ3v) is 4.77. The van der Waals surface area contributed by atoms with Crippen molar-refractivity contribution in [1.29, 1.82) is 0 Å². The van der Waals surface area contributed by atoms with E-state index in [1.807, 2.05) is 12.4 Å². The summed E-state index contributed by atoms with van der Waals surface area (Å²) in [5.74, 6) is 1.90. The van der Waals surface area contributed by atoms with Crippen LogP contribution in [0.15, 0.2) is 12.4 Å². The van der Waals surface area contributed by atoms with Crippen LogP contribution in [-0.4, -0.2) is 58.4 Å². The van der Waals surface area contributed by atoms with Gasteiger partial charge in [-0.2, -0.15) is 0 Å². The van der Waals surface area contributed by atoms with Crippen LogP contribution >= 0.6 is 0 Å². The molecular weight excluding hydrogens is 252 g/mol. The molecule has 0 unspecified atom stereocenters. The molecular formula is C15H24N4O. The highest BCUT2D eigenvalue weighted by Crippen LogP contribution is 2.27. The first-order chi connectivity index (χ1) is 9.75. The fourth-order valence-corrected chi connectivity index (χ4v) is 3.47. The third-order valence-electron chi connectivity index (χ3n) is 4.77. The summed E-state index contributed by atoms with van der Waals surface area (Å²) in [6, 6.07) is 0.115. The number of amides is 1. The highest BCUT2D eigenvalue weighted by molar-refractivity contribution is 5.82. The Kier molecular flexibility index (Phi) is 4.05. The standard InChI is InChI=1S/C15H24N4O/c1-18-9-3-2-4-13(18)15(20)19-10-5-12(6-11-19)14-16-7-8-17-14/h7-8,12-13H,2-6,9-11H2,1H3,(H,16,17)/t13-/m1/s1. The Balaban J connectivity index is 1.56. The Bertz CT molecular complexity index is 437. The maximum absolute atomic E-state index is 12.6. The molecule has 3 rings (SSSR count). The number of aromatic nitrogens is 2. The SMILES string of the molecule is CN1CCCC[C@@H]1C(=O)N1CCC(c2ncc[nH]2)CC1. The Hall–Kier alpha value is -1.36. The molecule has 1 amide bonds. The molecule has 3 heterocycles. The van der Waals surface area contributed by atoms with E-state index in [1.54, 1.807) is 0 Å². The van der Waals surface area contributed by atoms with Crippen LogP contribution in [-0.2, 0) is 4.79 Å². The molecule has 2 aliphatic rings. The Morgan fingerprint density at radius 2 is 2.05 bits per heavy atom. The summed E-state index contributed by atoms with van der Waals surface area (Å²) in [4.78, 5) is 24.4. The first kappa shape index (κ1) is 13.6. The van der Waals surface area contributed by atoms with Crippen molar-refractivity contribution in [2.45, 2.75) is 44.1 Å². The molecule has 110 valence electrons. The number of carbonyl (C=O) groups excluding carboxylic acids is 1. The predicted molar refractivity (Wildman–Crippen MR) is 77.4 cm³/mol. The molecule has 5 heteroatoms. The topological polar surface area (TPSA) is 52.2 Å². The van der Waals surface area contributed by atoms with E-state index in [0.29, 0.717) is 11.8 Å². The minimum atomic E-state index is 0.115. The average molecular weight is 276 g/mol. The minimum absolute atomic E-state index is 0.115.